The molecule has 3 rings (SSSR count). The molecule has 2 aromatic rings. The van der Waals surface area contributed by atoms with Crippen LogP contribution in [0.2, 0.25) is 10.0 Å². The van der Waals surface area contributed by atoms with Gasteiger partial charge in [0, 0.05) is 27.5 Å². The summed E-state index contributed by atoms with van der Waals surface area (Å²) in [7, 11) is 0. The number of carbonyl (C=O) groups is 1. The molecule has 0 aliphatic carbocycles. The van der Waals surface area contributed by atoms with Crippen LogP contribution >= 0.6 is 23.2 Å². The Kier molecular flexibility index (Phi) is 4.27. The Morgan fingerprint density at radius 2 is 1.91 bits per heavy atom. The van der Waals surface area contributed by atoms with Gasteiger partial charge >= 0.3 is 0 Å². The molecule has 1 aliphatic rings. The predicted octanol–water partition coefficient (Wildman–Crippen LogP) is 4.38. The van der Waals surface area contributed by atoms with Gasteiger partial charge in [-0.05, 0) is 43.2 Å². The molecule has 1 amide bonds. The standard InChI is InChI=1S/C17H16Cl2N2O/c1-11-6-12-4-2-3-5-16(12)21(11)10-17(22)20-15-8-13(18)7-14(19)9-15/h2-5,7-9,11H,6,10H2,1H3,(H,20,22). The van der Waals surface area contributed by atoms with E-state index in [1.54, 1.807) is 18.2 Å². The Bertz CT molecular complexity index is 697. The van der Waals surface area contributed by atoms with Crippen molar-refractivity contribution in [3.8, 4) is 0 Å². The molecular formula is C17H16Cl2N2O. The van der Waals surface area contributed by atoms with Crippen molar-refractivity contribution in [1.82, 2.24) is 0 Å². The topological polar surface area (TPSA) is 32.3 Å². The van der Waals surface area contributed by atoms with E-state index < -0.39 is 0 Å². The molecule has 1 atom stereocenters. The first kappa shape index (κ1) is 15.2. The Morgan fingerprint density at radius 3 is 2.64 bits per heavy atom. The van der Waals surface area contributed by atoms with Crippen LogP contribution in [-0.2, 0) is 11.2 Å². The van der Waals surface area contributed by atoms with Gasteiger partial charge in [0.1, 0.15) is 0 Å². The second-order valence-electron chi connectivity index (χ2n) is 5.52. The van der Waals surface area contributed by atoms with Crippen LogP contribution < -0.4 is 10.2 Å². The van der Waals surface area contributed by atoms with Crippen molar-refractivity contribution in [2.45, 2.75) is 19.4 Å². The number of rotatable bonds is 3. The summed E-state index contributed by atoms with van der Waals surface area (Å²) in [5.41, 5.74) is 3.03. The summed E-state index contributed by atoms with van der Waals surface area (Å²) in [4.78, 5) is 14.4. The molecule has 1 unspecified atom stereocenters. The minimum absolute atomic E-state index is 0.0816. The number of fused-ring (bicyclic) bond motifs is 1. The summed E-state index contributed by atoms with van der Waals surface area (Å²) >= 11 is 11.9. The first-order valence-electron chi connectivity index (χ1n) is 7.13. The summed E-state index contributed by atoms with van der Waals surface area (Å²) in [6.45, 7) is 2.44. The highest BCUT2D eigenvalue weighted by Crippen LogP contribution is 2.31. The van der Waals surface area contributed by atoms with Crippen LogP contribution in [0.3, 0.4) is 0 Å². The quantitative estimate of drug-likeness (QED) is 0.903. The number of amides is 1. The fourth-order valence-electron chi connectivity index (χ4n) is 2.85. The summed E-state index contributed by atoms with van der Waals surface area (Å²) in [6.07, 6.45) is 0.965. The normalized spacial score (nSPS) is 16.5. The van der Waals surface area contributed by atoms with E-state index >= 15 is 0 Å². The van der Waals surface area contributed by atoms with Crippen molar-refractivity contribution in [3.63, 3.8) is 0 Å². The molecule has 0 saturated carbocycles. The van der Waals surface area contributed by atoms with Gasteiger partial charge in [0.25, 0.3) is 0 Å². The number of hydrogen-bond acceptors (Lipinski definition) is 2. The van der Waals surface area contributed by atoms with E-state index in [2.05, 4.69) is 29.3 Å². The minimum Gasteiger partial charge on any atom is -0.359 e. The molecule has 0 saturated heterocycles. The molecule has 5 heteroatoms. The molecule has 1 aliphatic heterocycles. The molecule has 0 aromatic heterocycles. The Morgan fingerprint density at radius 1 is 1.23 bits per heavy atom. The lowest BCUT2D eigenvalue weighted by molar-refractivity contribution is -0.115. The first-order valence-corrected chi connectivity index (χ1v) is 7.89. The molecule has 1 N–H and O–H groups in total. The molecule has 2 aromatic carbocycles. The van der Waals surface area contributed by atoms with E-state index in [0.717, 1.165) is 12.1 Å². The lowest BCUT2D eigenvalue weighted by Crippen LogP contribution is -2.37. The van der Waals surface area contributed by atoms with Crippen LogP contribution in [-0.4, -0.2) is 18.5 Å². The summed E-state index contributed by atoms with van der Waals surface area (Å²) in [5.74, 6) is -0.0816. The van der Waals surface area contributed by atoms with E-state index in [0.29, 0.717) is 28.3 Å². The number of para-hydroxylation sites is 1. The van der Waals surface area contributed by atoms with Crippen LogP contribution in [0.15, 0.2) is 42.5 Å². The molecule has 114 valence electrons. The van der Waals surface area contributed by atoms with Crippen LogP contribution in [0, 0.1) is 0 Å². The largest absolute Gasteiger partial charge is 0.359 e. The molecule has 0 spiro atoms. The van der Waals surface area contributed by atoms with Gasteiger partial charge in [-0.2, -0.15) is 0 Å². The fraction of sp³-hybridized carbons (Fsp3) is 0.235. The third kappa shape index (κ3) is 3.21. The van der Waals surface area contributed by atoms with Crippen molar-refractivity contribution in [2.75, 3.05) is 16.8 Å². The number of nitrogens with zero attached hydrogens (tertiary/aromatic N) is 1. The molecular weight excluding hydrogens is 319 g/mol. The highest BCUT2D eigenvalue weighted by atomic mass is 35.5. The van der Waals surface area contributed by atoms with Crippen molar-refractivity contribution < 1.29 is 4.79 Å². The van der Waals surface area contributed by atoms with Gasteiger partial charge in [-0.1, -0.05) is 41.4 Å². The van der Waals surface area contributed by atoms with Crippen LogP contribution in [0.1, 0.15) is 12.5 Å². The van der Waals surface area contributed by atoms with Crippen LogP contribution in [0.5, 0.6) is 0 Å². The van der Waals surface area contributed by atoms with Crippen LogP contribution in [0.25, 0.3) is 0 Å². The zero-order valence-electron chi connectivity index (χ0n) is 12.1. The molecule has 0 bridgehead atoms. The minimum atomic E-state index is -0.0816. The van der Waals surface area contributed by atoms with Crippen molar-refractivity contribution in [1.29, 1.82) is 0 Å². The molecule has 1 heterocycles. The van der Waals surface area contributed by atoms with Gasteiger partial charge < -0.3 is 10.2 Å². The highest BCUT2D eigenvalue weighted by molar-refractivity contribution is 6.35. The van der Waals surface area contributed by atoms with Gasteiger partial charge in [0.15, 0.2) is 0 Å². The Hall–Kier alpha value is -1.71. The van der Waals surface area contributed by atoms with Gasteiger partial charge in [0.05, 0.1) is 6.54 Å². The number of carbonyl (C=O) groups excluding carboxylic acids is 1. The summed E-state index contributed by atoms with van der Waals surface area (Å²) in [5, 5.41) is 3.86. The maximum Gasteiger partial charge on any atom is 0.243 e. The van der Waals surface area contributed by atoms with Gasteiger partial charge in [-0.3, -0.25) is 4.79 Å². The Balaban J connectivity index is 1.72. The summed E-state index contributed by atoms with van der Waals surface area (Å²) < 4.78 is 0. The number of hydrogen-bond donors (Lipinski definition) is 1. The second kappa shape index (κ2) is 6.19. The third-order valence-electron chi connectivity index (χ3n) is 3.81. The third-order valence-corrected chi connectivity index (χ3v) is 4.25. The smallest absolute Gasteiger partial charge is 0.243 e. The SMILES string of the molecule is CC1Cc2ccccc2N1CC(=O)Nc1cc(Cl)cc(Cl)c1. The monoisotopic (exact) mass is 334 g/mol. The zero-order valence-corrected chi connectivity index (χ0v) is 13.7. The molecule has 3 nitrogen and oxygen atoms in total. The van der Waals surface area contributed by atoms with Crippen molar-refractivity contribution in [2.24, 2.45) is 0 Å². The van der Waals surface area contributed by atoms with Gasteiger partial charge in [0.2, 0.25) is 5.91 Å². The predicted molar refractivity (Wildman–Crippen MR) is 92.0 cm³/mol. The average Bonchev–Trinajstić information content (AvgIpc) is 2.74. The molecule has 22 heavy (non-hydrogen) atoms. The number of anilines is 2. The molecule has 0 fully saturated rings. The van der Waals surface area contributed by atoms with Crippen molar-refractivity contribution in [3.05, 3.63) is 58.1 Å². The molecule has 0 radical (unpaired) electrons. The van der Waals surface area contributed by atoms with Gasteiger partial charge in [-0.25, -0.2) is 0 Å². The van der Waals surface area contributed by atoms with E-state index in [1.807, 2.05) is 12.1 Å². The first-order chi connectivity index (χ1) is 10.5. The Labute approximate surface area is 139 Å². The van der Waals surface area contributed by atoms with Crippen molar-refractivity contribution >= 4 is 40.5 Å². The second-order valence-corrected chi connectivity index (χ2v) is 6.39. The lowest BCUT2D eigenvalue weighted by Gasteiger charge is -2.24. The average molecular weight is 335 g/mol. The zero-order chi connectivity index (χ0) is 15.7. The maximum absolute atomic E-state index is 12.3. The van der Waals surface area contributed by atoms with Gasteiger partial charge in [-0.15, -0.1) is 0 Å². The number of benzene rings is 2. The fourth-order valence-corrected chi connectivity index (χ4v) is 3.38. The number of halogens is 2. The van der Waals surface area contributed by atoms with E-state index in [1.165, 1.54) is 5.56 Å². The van der Waals surface area contributed by atoms with E-state index in [-0.39, 0.29) is 5.91 Å². The maximum atomic E-state index is 12.3. The van der Waals surface area contributed by atoms with Crippen LogP contribution in [0.4, 0.5) is 11.4 Å². The summed E-state index contributed by atoms with van der Waals surface area (Å²) in [6, 6.07) is 13.5. The van der Waals surface area contributed by atoms with E-state index in [9.17, 15) is 4.79 Å². The highest BCUT2D eigenvalue weighted by Gasteiger charge is 2.26. The lowest BCUT2D eigenvalue weighted by atomic mass is 10.1. The van der Waals surface area contributed by atoms with E-state index in [4.69, 9.17) is 23.2 Å². The number of nitrogens with one attached hydrogen (secondary N) is 1.